The minimum atomic E-state index is -4.54. The second-order valence-electron chi connectivity index (χ2n) is 4.59. The summed E-state index contributed by atoms with van der Waals surface area (Å²) in [6.07, 6.45) is -4.54. The Morgan fingerprint density at radius 3 is 2.22 bits per heavy atom. The van der Waals surface area contributed by atoms with E-state index < -0.39 is 36.0 Å². The fourth-order valence-corrected chi connectivity index (χ4v) is 1.82. The van der Waals surface area contributed by atoms with E-state index >= 15 is 0 Å². The predicted molar refractivity (Wildman–Crippen MR) is 73.7 cm³/mol. The SMILES string of the molecule is O=C(NCc1c(F)cccc1F)Nc1cccc(C(F)(F)F)c1. The molecule has 0 saturated carbocycles. The number of halogens is 5. The predicted octanol–water partition coefficient (Wildman–Crippen LogP) is 4.31. The Hall–Kier alpha value is -2.64. The number of urea groups is 1. The molecule has 0 aliphatic rings. The van der Waals surface area contributed by atoms with Crippen LogP contribution in [-0.2, 0) is 12.7 Å². The lowest BCUT2D eigenvalue weighted by Gasteiger charge is -2.11. The minimum absolute atomic E-state index is 0.0914. The average molecular weight is 330 g/mol. The lowest BCUT2D eigenvalue weighted by molar-refractivity contribution is -0.137. The second kappa shape index (κ2) is 6.64. The van der Waals surface area contributed by atoms with Gasteiger partial charge in [0, 0.05) is 11.3 Å². The molecule has 3 nitrogen and oxygen atoms in total. The molecule has 0 saturated heterocycles. The number of alkyl halides is 3. The van der Waals surface area contributed by atoms with Crippen molar-refractivity contribution in [3.63, 3.8) is 0 Å². The maximum absolute atomic E-state index is 13.4. The van der Waals surface area contributed by atoms with Gasteiger partial charge < -0.3 is 10.6 Å². The van der Waals surface area contributed by atoms with Crippen molar-refractivity contribution in [1.82, 2.24) is 5.32 Å². The van der Waals surface area contributed by atoms with Gasteiger partial charge in [-0.25, -0.2) is 13.6 Å². The number of carbonyl (C=O) groups excluding carboxylic acids is 1. The standard InChI is InChI=1S/C15H11F5N2O/c16-12-5-2-6-13(17)11(12)8-21-14(23)22-10-4-1-3-9(7-10)15(18,19)20/h1-7H,8H2,(H2,21,22,23). The molecule has 0 atom stereocenters. The van der Waals surface area contributed by atoms with E-state index in [2.05, 4.69) is 10.6 Å². The van der Waals surface area contributed by atoms with Crippen molar-refractivity contribution < 1.29 is 26.7 Å². The summed E-state index contributed by atoms with van der Waals surface area (Å²) >= 11 is 0. The van der Waals surface area contributed by atoms with Crippen LogP contribution in [-0.4, -0.2) is 6.03 Å². The highest BCUT2D eigenvalue weighted by Gasteiger charge is 2.30. The normalized spacial score (nSPS) is 11.2. The number of nitrogens with one attached hydrogen (secondary N) is 2. The van der Waals surface area contributed by atoms with Crippen LogP contribution in [0.3, 0.4) is 0 Å². The van der Waals surface area contributed by atoms with E-state index in [1.165, 1.54) is 12.1 Å². The second-order valence-corrected chi connectivity index (χ2v) is 4.59. The van der Waals surface area contributed by atoms with E-state index in [9.17, 15) is 26.7 Å². The summed E-state index contributed by atoms with van der Waals surface area (Å²) in [5.74, 6) is -1.66. The fraction of sp³-hybridized carbons (Fsp3) is 0.133. The van der Waals surface area contributed by atoms with Gasteiger partial charge in [0.2, 0.25) is 0 Å². The molecule has 0 fully saturated rings. The molecule has 0 aliphatic heterocycles. The molecule has 2 aromatic rings. The van der Waals surface area contributed by atoms with Gasteiger partial charge in [-0.1, -0.05) is 12.1 Å². The lowest BCUT2D eigenvalue weighted by atomic mass is 10.2. The topological polar surface area (TPSA) is 41.1 Å². The Bertz CT molecular complexity index is 695. The van der Waals surface area contributed by atoms with Crippen LogP contribution in [0.2, 0.25) is 0 Å². The van der Waals surface area contributed by atoms with E-state index in [1.807, 2.05) is 0 Å². The molecule has 122 valence electrons. The molecule has 2 amide bonds. The van der Waals surface area contributed by atoms with Crippen molar-refractivity contribution in [3.8, 4) is 0 Å². The summed E-state index contributed by atoms with van der Waals surface area (Å²) in [7, 11) is 0. The van der Waals surface area contributed by atoms with Crippen LogP contribution in [0, 0.1) is 11.6 Å². The van der Waals surface area contributed by atoms with E-state index in [0.717, 1.165) is 30.3 Å². The zero-order valence-electron chi connectivity index (χ0n) is 11.5. The van der Waals surface area contributed by atoms with Crippen LogP contribution in [0.5, 0.6) is 0 Å². The zero-order valence-corrected chi connectivity index (χ0v) is 11.5. The molecule has 0 spiro atoms. The molecule has 8 heteroatoms. The van der Waals surface area contributed by atoms with Crippen molar-refractivity contribution in [3.05, 3.63) is 65.2 Å². The maximum Gasteiger partial charge on any atom is 0.416 e. The molecule has 23 heavy (non-hydrogen) atoms. The molecule has 0 aromatic heterocycles. The van der Waals surface area contributed by atoms with E-state index in [4.69, 9.17) is 0 Å². The van der Waals surface area contributed by atoms with E-state index in [0.29, 0.717) is 0 Å². The first-order valence-corrected chi connectivity index (χ1v) is 6.42. The number of amides is 2. The Labute approximate surface area is 128 Å². The summed E-state index contributed by atoms with van der Waals surface area (Å²) in [4.78, 5) is 11.6. The maximum atomic E-state index is 13.4. The monoisotopic (exact) mass is 330 g/mol. The largest absolute Gasteiger partial charge is 0.416 e. The molecule has 0 unspecified atom stereocenters. The van der Waals surface area contributed by atoms with Gasteiger partial charge in [-0.15, -0.1) is 0 Å². The fourth-order valence-electron chi connectivity index (χ4n) is 1.82. The third-order valence-corrected chi connectivity index (χ3v) is 2.94. The molecule has 2 rings (SSSR count). The van der Waals surface area contributed by atoms with Gasteiger partial charge in [-0.2, -0.15) is 13.2 Å². The molecule has 0 aliphatic carbocycles. The number of anilines is 1. The van der Waals surface area contributed by atoms with Gasteiger partial charge in [-0.3, -0.25) is 0 Å². The van der Waals surface area contributed by atoms with Crippen LogP contribution in [0.15, 0.2) is 42.5 Å². The number of carbonyl (C=O) groups is 1. The molecule has 2 aromatic carbocycles. The molecular formula is C15H11F5N2O. The van der Waals surface area contributed by atoms with Crippen molar-refractivity contribution in [2.24, 2.45) is 0 Å². The summed E-state index contributed by atoms with van der Waals surface area (Å²) in [6, 6.07) is 6.37. The van der Waals surface area contributed by atoms with Crippen molar-refractivity contribution >= 4 is 11.7 Å². The minimum Gasteiger partial charge on any atom is -0.334 e. The molecule has 2 N–H and O–H groups in total. The lowest BCUT2D eigenvalue weighted by Crippen LogP contribution is -2.29. The third-order valence-electron chi connectivity index (χ3n) is 2.94. The Morgan fingerprint density at radius 2 is 1.61 bits per heavy atom. The first kappa shape index (κ1) is 16.7. The number of rotatable bonds is 3. The van der Waals surface area contributed by atoms with E-state index in [-0.39, 0.29) is 11.3 Å². The van der Waals surface area contributed by atoms with Crippen LogP contribution in [0.4, 0.5) is 32.4 Å². The van der Waals surface area contributed by atoms with Crippen LogP contribution >= 0.6 is 0 Å². The highest BCUT2D eigenvalue weighted by Crippen LogP contribution is 2.30. The van der Waals surface area contributed by atoms with E-state index in [1.54, 1.807) is 0 Å². The zero-order chi connectivity index (χ0) is 17.0. The molecule has 0 radical (unpaired) electrons. The van der Waals surface area contributed by atoms with Gasteiger partial charge in [0.1, 0.15) is 11.6 Å². The average Bonchev–Trinajstić information content (AvgIpc) is 2.46. The Kier molecular flexibility index (Phi) is 4.83. The van der Waals surface area contributed by atoms with Gasteiger partial charge in [0.25, 0.3) is 0 Å². The van der Waals surface area contributed by atoms with Gasteiger partial charge in [0.15, 0.2) is 0 Å². The summed E-state index contributed by atoms with van der Waals surface area (Å²) in [5.41, 5.74) is -1.35. The molecule has 0 heterocycles. The first-order chi connectivity index (χ1) is 10.8. The molecular weight excluding hydrogens is 319 g/mol. The van der Waals surface area contributed by atoms with Gasteiger partial charge in [-0.05, 0) is 30.3 Å². The number of hydrogen-bond acceptors (Lipinski definition) is 1. The van der Waals surface area contributed by atoms with Crippen LogP contribution in [0.25, 0.3) is 0 Å². The number of benzene rings is 2. The highest BCUT2D eigenvalue weighted by atomic mass is 19.4. The summed E-state index contributed by atoms with van der Waals surface area (Å²) in [5, 5.41) is 4.34. The summed E-state index contributed by atoms with van der Waals surface area (Å²) < 4.78 is 64.4. The molecule has 0 bridgehead atoms. The van der Waals surface area contributed by atoms with Gasteiger partial charge >= 0.3 is 12.2 Å². The van der Waals surface area contributed by atoms with Crippen LogP contribution < -0.4 is 10.6 Å². The third kappa shape index (κ3) is 4.41. The highest BCUT2D eigenvalue weighted by molar-refractivity contribution is 5.89. The van der Waals surface area contributed by atoms with Crippen LogP contribution in [0.1, 0.15) is 11.1 Å². The van der Waals surface area contributed by atoms with Crippen molar-refractivity contribution in [1.29, 1.82) is 0 Å². The first-order valence-electron chi connectivity index (χ1n) is 6.42. The van der Waals surface area contributed by atoms with Gasteiger partial charge in [0.05, 0.1) is 12.1 Å². The quantitative estimate of drug-likeness (QED) is 0.809. The summed E-state index contributed by atoms with van der Waals surface area (Å²) in [6.45, 7) is -0.441. The van der Waals surface area contributed by atoms with Crippen molar-refractivity contribution in [2.75, 3.05) is 5.32 Å². The van der Waals surface area contributed by atoms with Crippen molar-refractivity contribution in [2.45, 2.75) is 12.7 Å². The Morgan fingerprint density at radius 1 is 1.00 bits per heavy atom. The number of hydrogen-bond donors (Lipinski definition) is 2. The smallest absolute Gasteiger partial charge is 0.334 e. The Balaban J connectivity index is 2.00.